The lowest BCUT2D eigenvalue weighted by atomic mass is 10.0. The van der Waals surface area contributed by atoms with Crippen molar-refractivity contribution in [2.45, 2.75) is 22.9 Å². The second kappa shape index (κ2) is 8.01. The average Bonchev–Trinajstić information content (AvgIpc) is 2.64. The smallest absolute Gasteiger partial charge is 0.283 e. The van der Waals surface area contributed by atoms with Gasteiger partial charge in [-0.1, -0.05) is 0 Å². The van der Waals surface area contributed by atoms with Gasteiger partial charge in [-0.3, -0.25) is 19.3 Å². The Morgan fingerprint density at radius 2 is 2.15 bits per heavy atom. The summed E-state index contributed by atoms with van der Waals surface area (Å²) in [7, 11) is 0. The molecule has 0 radical (unpaired) electrons. The molecule has 142 valence electrons. The lowest BCUT2D eigenvalue weighted by molar-refractivity contribution is -0.684. The Morgan fingerprint density at radius 1 is 1.44 bits per heavy atom. The zero-order valence-corrected chi connectivity index (χ0v) is 15.6. The Hall–Kier alpha value is -2.53. The summed E-state index contributed by atoms with van der Waals surface area (Å²) in [5, 5.41) is 13.6. The zero-order chi connectivity index (χ0) is 19.6. The van der Waals surface area contributed by atoms with Crippen molar-refractivity contribution in [1.82, 2.24) is 10.2 Å². The van der Waals surface area contributed by atoms with Gasteiger partial charge in [0.15, 0.2) is 12.4 Å². The highest BCUT2D eigenvalue weighted by Gasteiger charge is 2.52. The molecule has 3 rings (SSSR count). The van der Waals surface area contributed by atoms with Crippen LogP contribution in [-0.4, -0.2) is 52.0 Å². The third kappa shape index (κ3) is 3.93. The van der Waals surface area contributed by atoms with E-state index in [1.165, 1.54) is 28.4 Å². The Labute approximate surface area is 163 Å². The van der Waals surface area contributed by atoms with Gasteiger partial charge in [0.05, 0.1) is 11.7 Å². The van der Waals surface area contributed by atoms with Crippen LogP contribution in [0.3, 0.4) is 0 Å². The van der Waals surface area contributed by atoms with E-state index in [9.17, 15) is 24.3 Å². The van der Waals surface area contributed by atoms with Gasteiger partial charge in [-0.25, -0.2) is 0 Å². The van der Waals surface area contributed by atoms with Gasteiger partial charge in [-0.05, 0) is 5.57 Å². The number of hydrogen-bond acceptors (Lipinski definition) is 7. The average molecular weight is 408 g/mol. The fourth-order valence-corrected chi connectivity index (χ4v) is 5.25. The summed E-state index contributed by atoms with van der Waals surface area (Å²) in [5.74, 6) is -1.50. The number of aromatic nitrogens is 1. The van der Waals surface area contributed by atoms with Crippen molar-refractivity contribution >= 4 is 47.7 Å². The summed E-state index contributed by atoms with van der Waals surface area (Å²) in [5.41, 5.74) is 5.62. The summed E-state index contributed by atoms with van der Waals surface area (Å²) in [4.78, 5) is 47.3. The number of pyridine rings is 1. The van der Waals surface area contributed by atoms with Gasteiger partial charge in [0.2, 0.25) is 13.0 Å². The van der Waals surface area contributed by atoms with E-state index in [-0.39, 0.29) is 12.2 Å². The Balaban J connectivity index is 1.71. The number of primary amides is 1. The molecule has 11 heteroatoms. The molecule has 0 aliphatic carbocycles. The molecule has 0 unspecified atom stereocenters. The molecule has 0 spiro atoms. The van der Waals surface area contributed by atoms with Crippen LogP contribution in [-0.2, 0) is 25.7 Å². The molecule has 0 saturated carbocycles. The van der Waals surface area contributed by atoms with Crippen LogP contribution >= 0.6 is 23.5 Å². The van der Waals surface area contributed by atoms with E-state index in [2.05, 4.69) is 5.32 Å². The van der Waals surface area contributed by atoms with Crippen molar-refractivity contribution in [2.24, 2.45) is 5.73 Å². The molecular weight excluding hydrogens is 392 g/mol. The number of carboxylic acid groups (broad SMARTS) is 1. The molecule has 27 heavy (non-hydrogen) atoms. The number of β-lactam (4-membered cyclic amide) rings is 1. The highest BCUT2D eigenvalue weighted by Crippen LogP contribution is 2.41. The Bertz CT molecular complexity index is 827. The van der Waals surface area contributed by atoms with Gasteiger partial charge < -0.3 is 21.0 Å². The number of nitrogens with one attached hydrogen (secondary N) is 1. The normalized spacial score (nSPS) is 21.3. The van der Waals surface area contributed by atoms with E-state index in [0.29, 0.717) is 23.5 Å². The lowest BCUT2D eigenvalue weighted by Gasteiger charge is -2.50. The van der Waals surface area contributed by atoms with Crippen molar-refractivity contribution in [3.8, 4) is 0 Å². The predicted octanol–water partition coefficient (Wildman–Crippen LogP) is -2.41. The number of thioether (sulfide) groups is 2. The van der Waals surface area contributed by atoms with Crippen LogP contribution in [0.2, 0.25) is 0 Å². The molecular formula is C16H16N4O5S2. The standard InChI is InChI=1S/C16H16N4O5S2/c17-11(22)5-19-3-1-10(2-4-19)26-6-9-7-27-15-12(18-8-21)14(23)20(15)13(9)16(24)25/h1-4,8,12,15H,5-7H2,(H3-,17,18,21,22,24,25)/t12-,15-/m1/s1. The second-order valence-corrected chi connectivity index (χ2v) is 8.03. The number of rotatable bonds is 8. The first-order chi connectivity index (χ1) is 12.9. The number of carbonyl (C=O) groups excluding carboxylic acids is 4. The Morgan fingerprint density at radius 3 is 2.74 bits per heavy atom. The fourth-order valence-electron chi connectivity index (χ4n) is 2.87. The summed E-state index contributed by atoms with van der Waals surface area (Å²) < 4.78 is 1.64. The molecule has 3 amide bonds. The monoisotopic (exact) mass is 408 g/mol. The number of fused-ring (bicyclic) bond motifs is 1. The van der Waals surface area contributed by atoms with E-state index in [1.807, 2.05) is 0 Å². The summed E-state index contributed by atoms with van der Waals surface area (Å²) in [6.45, 7) is 0.0794. The number of carbonyl (C=O) groups is 4. The van der Waals surface area contributed by atoms with Gasteiger partial charge in [-0.15, -0.1) is 23.5 Å². The molecule has 1 saturated heterocycles. The van der Waals surface area contributed by atoms with Crippen molar-refractivity contribution in [1.29, 1.82) is 0 Å². The molecule has 2 atom stereocenters. The Kier molecular flexibility index (Phi) is 5.71. The number of nitrogens with zero attached hydrogens (tertiary/aromatic N) is 2. The van der Waals surface area contributed by atoms with Gasteiger partial charge in [0.25, 0.3) is 11.8 Å². The van der Waals surface area contributed by atoms with Crippen LogP contribution in [0.4, 0.5) is 0 Å². The number of nitrogens with two attached hydrogens (primary N) is 1. The molecule has 0 aromatic carbocycles. The van der Waals surface area contributed by atoms with E-state index in [0.717, 1.165) is 4.90 Å². The first kappa shape index (κ1) is 19.2. The van der Waals surface area contributed by atoms with Gasteiger partial charge in [0.1, 0.15) is 11.4 Å². The molecule has 3 N–H and O–H groups in total. The maximum atomic E-state index is 12.2. The molecule has 0 bridgehead atoms. The molecule has 1 fully saturated rings. The third-order valence-electron chi connectivity index (χ3n) is 4.10. The number of amides is 3. The first-order valence-corrected chi connectivity index (χ1v) is 9.93. The topological polar surface area (TPSA) is 137 Å². The highest BCUT2D eigenvalue weighted by molar-refractivity contribution is 8.01. The van der Waals surface area contributed by atoms with Crippen molar-refractivity contribution in [3.63, 3.8) is 0 Å². The highest BCUT2D eigenvalue weighted by atomic mass is 32.2. The van der Waals surface area contributed by atoms with E-state index < -0.39 is 29.2 Å². The summed E-state index contributed by atoms with van der Waals surface area (Å²) in [6.07, 6.45) is 3.86. The minimum absolute atomic E-state index is 0.0794. The predicted molar refractivity (Wildman–Crippen MR) is 94.7 cm³/mol. The summed E-state index contributed by atoms with van der Waals surface area (Å²) in [6, 6.07) is 2.89. The van der Waals surface area contributed by atoms with E-state index in [1.54, 1.807) is 29.1 Å². The molecule has 9 nitrogen and oxygen atoms in total. The quantitative estimate of drug-likeness (QED) is 0.211. The van der Waals surface area contributed by atoms with Crippen molar-refractivity contribution in [2.75, 3.05) is 11.5 Å². The molecule has 3 heterocycles. The number of aliphatic carboxylic acids is 1. The van der Waals surface area contributed by atoms with Crippen molar-refractivity contribution < 1.29 is 28.9 Å². The minimum atomic E-state index is -1.40. The maximum absolute atomic E-state index is 12.2. The van der Waals surface area contributed by atoms with Gasteiger partial charge in [-0.2, -0.15) is 4.57 Å². The molecule has 2 aliphatic rings. The van der Waals surface area contributed by atoms with Gasteiger partial charge >= 0.3 is 0 Å². The van der Waals surface area contributed by atoms with Crippen LogP contribution in [0.5, 0.6) is 0 Å². The van der Waals surface area contributed by atoms with Crippen LogP contribution < -0.4 is 20.7 Å². The van der Waals surface area contributed by atoms with Crippen LogP contribution in [0.1, 0.15) is 0 Å². The van der Waals surface area contributed by atoms with Crippen molar-refractivity contribution in [3.05, 3.63) is 35.8 Å². The van der Waals surface area contributed by atoms with E-state index in [4.69, 9.17) is 5.73 Å². The van der Waals surface area contributed by atoms with Crippen LogP contribution in [0, 0.1) is 0 Å². The number of carboxylic acids is 1. The van der Waals surface area contributed by atoms with Gasteiger partial charge in [0, 0.05) is 28.5 Å². The lowest BCUT2D eigenvalue weighted by Crippen LogP contribution is -2.70. The fraction of sp³-hybridized carbons (Fsp3) is 0.312. The molecule has 1 aromatic rings. The van der Waals surface area contributed by atoms with Crippen LogP contribution in [0.15, 0.2) is 40.7 Å². The van der Waals surface area contributed by atoms with E-state index >= 15 is 0 Å². The zero-order valence-electron chi connectivity index (χ0n) is 14.0. The summed E-state index contributed by atoms with van der Waals surface area (Å²) >= 11 is 2.82. The second-order valence-electron chi connectivity index (χ2n) is 5.87. The first-order valence-electron chi connectivity index (χ1n) is 7.90. The minimum Gasteiger partial charge on any atom is -0.543 e. The number of hydrogen-bond donors (Lipinski definition) is 2. The third-order valence-corrected chi connectivity index (χ3v) is 6.54. The SMILES string of the molecule is NC(=O)C[n+]1ccc(SCC2=C(C(=O)[O-])N3C(=O)[C@@H](NC=O)[C@H]3SC2)cc1. The molecule has 2 aliphatic heterocycles. The van der Waals surface area contributed by atoms with Crippen LogP contribution in [0.25, 0.3) is 0 Å². The maximum Gasteiger partial charge on any atom is 0.283 e. The molecule has 1 aromatic heterocycles. The largest absolute Gasteiger partial charge is 0.543 e.